The lowest BCUT2D eigenvalue weighted by atomic mass is 10.1. The molecular weight excluding hydrogens is 262 g/mol. The summed E-state index contributed by atoms with van der Waals surface area (Å²) in [5.74, 6) is 1.98. The Bertz CT molecular complexity index is 540. The Labute approximate surface area is 117 Å². The second kappa shape index (κ2) is 6.17. The van der Waals surface area contributed by atoms with Gasteiger partial charge in [0.25, 0.3) is 0 Å². The molecule has 0 fully saturated rings. The van der Waals surface area contributed by atoms with E-state index in [-0.39, 0.29) is 0 Å². The monoisotopic (exact) mass is 277 g/mol. The average Bonchev–Trinajstić information content (AvgIpc) is 2.36. The number of thioether (sulfide) groups is 1. The lowest BCUT2D eigenvalue weighted by Gasteiger charge is -2.06. The topological polar surface area (TPSA) is 26.0 Å². The van der Waals surface area contributed by atoms with E-state index in [0.717, 1.165) is 11.5 Å². The second-order valence-electron chi connectivity index (χ2n) is 4.28. The molecule has 18 heavy (non-hydrogen) atoms. The molecular formula is C15H16ClNS. The zero-order valence-corrected chi connectivity index (χ0v) is 11.9. The largest absolute Gasteiger partial charge is 0.398 e. The van der Waals surface area contributed by atoms with Gasteiger partial charge in [-0.25, -0.2) is 0 Å². The second-order valence-corrected chi connectivity index (χ2v) is 5.67. The third-order valence-electron chi connectivity index (χ3n) is 2.85. The highest BCUT2D eigenvalue weighted by atomic mass is 35.5. The van der Waals surface area contributed by atoms with Crippen LogP contribution >= 0.6 is 23.4 Å². The Morgan fingerprint density at radius 1 is 1.11 bits per heavy atom. The zero-order valence-electron chi connectivity index (χ0n) is 10.3. The molecule has 0 amide bonds. The van der Waals surface area contributed by atoms with Crippen molar-refractivity contribution in [3.05, 3.63) is 64.2 Å². The van der Waals surface area contributed by atoms with Crippen LogP contribution in [0.5, 0.6) is 0 Å². The lowest BCUT2D eigenvalue weighted by molar-refractivity contribution is 1.30. The third kappa shape index (κ3) is 3.44. The van der Waals surface area contributed by atoms with Crippen molar-refractivity contribution in [3.63, 3.8) is 0 Å². The van der Waals surface area contributed by atoms with E-state index in [1.807, 2.05) is 30.0 Å². The van der Waals surface area contributed by atoms with Crippen molar-refractivity contribution in [1.29, 1.82) is 0 Å². The Balaban J connectivity index is 1.92. The molecule has 0 saturated heterocycles. The van der Waals surface area contributed by atoms with Gasteiger partial charge in [0, 0.05) is 11.5 Å². The SMILES string of the molecule is Cc1ccccc1CSCc1ccc(Cl)c(N)c1. The molecule has 2 aromatic rings. The number of rotatable bonds is 4. The van der Waals surface area contributed by atoms with E-state index in [9.17, 15) is 0 Å². The van der Waals surface area contributed by atoms with Gasteiger partial charge in [0.1, 0.15) is 0 Å². The minimum absolute atomic E-state index is 0.627. The van der Waals surface area contributed by atoms with Gasteiger partial charge < -0.3 is 5.73 Å². The number of anilines is 1. The summed E-state index contributed by atoms with van der Waals surface area (Å²) in [5.41, 5.74) is 10.4. The van der Waals surface area contributed by atoms with Crippen LogP contribution in [0.15, 0.2) is 42.5 Å². The van der Waals surface area contributed by atoms with Crippen molar-refractivity contribution in [3.8, 4) is 0 Å². The smallest absolute Gasteiger partial charge is 0.0635 e. The molecule has 0 aliphatic carbocycles. The van der Waals surface area contributed by atoms with Crippen LogP contribution < -0.4 is 5.73 Å². The average molecular weight is 278 g/mol. The highest BCUT2D eigenvalue weighted by Gasteiger charge is 2.01. The molecule has 2 N–H and O–H groups in total. The van der Waals surface area contributed by atoms with Gasteiger partial charge in [-0.1, -0.05) is 41.9 Å². The quantitative estimate of drug-likeness (QED) is 0.822. The summed E-state index contributed by atoms with van der Waals surface area (Å²) >= 11 is 7.79. The van der Waals surface area contributed by atoms with E-state index in [1.165, 1.54) is 16.7 Å². The summed E-state index contributed by atoms with van der Waals surface area (Å²) in [7, 11) is 0. The van der Waals surface area contributed by atoms with Crippen molar-refractivity contribution in [2.45, 2.75) is 18.4 Å². The van der Waals surface area contributed by atoms with Crippen LogP contribution in [-0.2, 0) is 11.5 Å². The van der Waals surface area contributed by atoms with Gasteiger partial charge in [-0.2, -0.15) is 11.8 Å². The number of hydrogen-bond acceptors (Lipinski definition) is 2. The van der Waals surface area contributed by atoms with E-state index >= 15 is 0 Å². The molecule has 94 valence electrons. The Hall–Kier alpha value is -1.12. The van der Waals surface area contributed by atoms with Crippen LogP contribution in [0.1, 0.15) is 16.7 Å². The molecule has 0 unspecified atom stereocenters. The minimum Gasteiger partial charge on any atom is -0.398 e. The standard InChI is InChI=1S/C15H16ClNS/c1-11-4-2-3-5-13(11)10-18-9-12-6-7-14(16)15(17)8-12/h2-8H,9-10,17H2,1H3. The van der Waals surface area contributed by atoms with E-state index in [2.05, 4.69) is 31.2 Å². The van der Waals surface area contributed by atoms with Crippen molar-refractivity contribution in [2.75, 3.05) is 5.73 Å². The number of benzene rings is 2. The third-order valence-corrected chi connectivity index (χ3v) is 4.24. The highest BCUT2D eigenvalue weighted by Crippen LogP contribution is 2.24. The zero-order chi connectivity index (χ0) is 13.0. The Morgan fingerprint density at radius 2 is 1.89 bits per heavy atom. The van der Waals surface area contributed by atoms with Crippen molar-refractivity contribution in [2.24, 2.45) is 0 Å². The van der Waals surface area contributed by atoms with Crippen molar-refractivity contribution >= 4 is 29.1 Å². The fourth-order valence-electron chi connectivity index (χ4n) is 1.73. The van der Waals surface area contributed by atoms with Gasteiger partial charge in [-0.3, -0.25) is 0 Å². The molecule has 0 aliphatic rings. The summed E-state index contributed by atoms with van der Waals surface area (Å²) in [5, 5.41) is 0.627. The number of halogens is 1. The first-order chi connectivity index (χ1) is 8.66. The van der Waals surface area contributed by atoms with Crippen molar-refractivity contribution in [1.82, 2.24) is 0 Å². The molecule has 0 saturated carbocycles. The fourth-order valence-corrected chi connectivity index (χ4v) is 2.91. The lowest BCUT2D eigenvalue weighted by Crippen LogP contribution is -1.90. The highest BCUT2D eigenvalue weighted by molar-refractivity contribution is 7.97. The number of aryl methyl sites for hydroxylation is 1. The van der Waals surface area contributed by atoms with E-state index in [4.69, 9.17) is 17.3 Å². The van der Waals surface area contributed by atoms with E-state index in [1.54, 1.807) is 0 Å². The van der Waals surface area contributed by atoms with Gasteiger partial charge >= 0.3 is 0 Å². The van der Waals surface area contributed by atoms with Gasteiger partial charge in [-0.15, -0.1) is 0 Å². The summed E-state index contributed by atoms with van der Waals surface area (Å²) in [6.07, 6.45) is 0. The van der Waals surface area contributed by atoms with Crippen LogP contribution in [0.25, 0.3) is 0 Å². The normalized spacial score (nSPS) is 10.6. The molecule has 2 aromatic carbocycles. The molecule has 0 atom stereocenters. The first kappa shape index (κ1) is 13.3. The minimum atomic E-state index is 0.627. The van der Waals surface area contributed by atoms with Crippen LogP contribution in [0.2, 0.25) is 5.02 Å². The molecule has 0 aliphatic heterocycles. The predicted molar refractivity (Wildman–Crippen MR) is 82.0 cm³/mol. The van der Waals surface area contributed by atoms with Crippen LogP contribution in [0.4, 0.5) is 5.69 Å². The van der Waals surface area contributed by atoms with E-state index < -0.39 is 0 Å². The van der Waals surface area contributed by atoms with Gasteiger partial charge in [0.2, 0.25) is 0 Å². The van der Waals surface area contributed by atoms with Crippen LogP contribution in [0, 0.1) is 6.92 Å². The summed E-state index contributed by atoms with van der Waals surface area (Å²) < 4.78 is 0. The molecule has 1 nitrogen and oxygen atoms in total. The maximum atomic E-state index is 5.90. The number of hydrogen-bond donors (Lipinski definition) is 1. The van der Waals surface area contributed by atoms with Crippen LogP contribution in [-0.4, -0.2) is 0 Å². The summed E-state index contributed by atoms with van der Waals surface area (Å²) in [4.78, 5) is 0. The molecule has 0 aromatic heterocycles. The molecule has 0 radical (unpaired) electrons. The number of nitrogen functional groups attached to an aromatic ring is 1. The van der Waals surface area contributed by atoms with E-state index in [0.29, 0.717) is 10.7 Å². The Morgan fingerprint density at radius 3 is 2.61 bits per heavy atom. The predicted octanol–water partition coefficient (Wildman–Crippen LogP) is 4.66. The molecule has 0 spiro atoms. The van der Waals surface area contributed by atoms with Crippen molar-refractivity contribution < 1.29 is 0 Å². The van der Waals surface area contributed by atoms with Gasteiger partial charge in [0.05, 0.1) is 10.7 Å². The maximum Gasteiger partial charge on any atom is 0.0635 e. The number of nitrogens with two attached hydrogens (primary N) is 1. The van der Waals surface area contributed by atoms with Crippen LogP contribution in [0.3, 0.4) is 0 Å². The summed E-state index contributed by atoms with van der Waals surface area (Å²) in [6, 6.07) is 14.3. The molecule has 3 heteroatoms. The molecule has 0 bridgehead atoms. The Kier molecular flexibility index (Phi) is 4.56. The maximum absolute atomic E-state index is 5.90. The first-order valence-electron chi connectivity index (χ1n) is 5.83. The molecule has 0 heterocycles. The van der Waals surface area contributed by atoms with Gasteiger partial charge in [-0.05, 0) is 35.7 Å². The molecule has 2 rings (SSSR count). The fraction of sp³-hybridized carbons (Fsp3) is 0.200. The van der Waals surface area contributed by atoms with Gasteiger partial charge in [0.15, 0.2) is 0 Å². The first-order valence-corrected chi connectivity index (χ1v) is 7.36. The summed E-state index contributed by atoms with van der Waals surface area (Å²) in [6.45, 7) is 2.15.